The van der Waals surface area contributed by atoms with E-state index in [0.29, 0.717) is 12.1 Å². The molecule has 41 heavy (non-hydrogen) atoms. The molecule has 0 radical (unpaired) electrons. The molecule has 208 valence electrons. The number of carbonyl (C=O) groups excluding carboxylic acids is 1. The third-order valence-electron chi connectivity index (χ3n) is 6.79. The molecule has 12 nitrogen and oxygen atoms in total. The monoisotopic (exact) mass is 555 g/mol. The van der Waals surface area contributed by atoms with Crippen molar-refractivity contribution in [2.24, 2.45) is 0 Å². The topological polar surface area (TPSA) is 167 Å². The van der Waals surface area contributed by atoms with Crippen molar-refractivity contribution in [2.75, 3.05) is 6.61 Å². The number of hydrogen-bond acceptors (Lipinski definition) is 7. The van der Waals surface area contributed by atoms with Gasteiger partial charge in [-0.1, -0.05) is 54.6 Å². The summed E-state index contributed by atoms with van der Waals surface area (Å²) < 4.78 is 9.02. The summed E-state index contributed by atoms with van der Waals surface area (Å²) >= 11 is 0. The van der Waals surface area contributed by atoms with Crippen LogP contribution in [0.3, 0.4) is 0 Å². The van der Waals surface area contributed by atoms with Gasteiger partial charge in [0.05, 0.1) is 17.4 Å². The summed E-state index contributed by atoms with van der Waals surface area (Å²) in [6, 6.07) is 20.9. The Labute approximate surface area is 232 Å². The van der Waals surface area contributed by atoms with E-state index in [-0.39, 0.29) is 17.9 Å². The van der Waals surface area contributed by atoms with Crippen molar-refractivity contribution in [3.8, 4) is 5.88 Å². The number of nitrogens with one attached hydrogen (secondary N) is 2. The van der Waals surface area contributed by atoms with Crippen LogP contribution in [0.15, 0.2) is 94.8 Å². The van der Waals surface area contributed by atoms with Crippen LogP contribution in [-0.4, -0.2) is 32.0 Å². The van der Waals surface area contributed by atoms with Gasteiger partial charge in [0.1, 0.15) is 6.54 Å². The fourth-order valence-electron chi connectivity index (χ4n) is 5.03. The summed E-state index contributed by atoms with van der Waals surface area (Å²) in [6.45, 7) is 2.10. The Balaban J connectivity index is 1.79. The number of para-hydroxylation sites is 2. The second-order valence-corrected chi connectivity index (χ2v) is 9.30. The Morgan fingerprint density at radius 1 is 1.00 bits per heavy atom. The van der Waals surface area contributed by atoms with Crippen LogP contribution in [0.2, 0.25) is 0 Å². The highest BCUT2D eigenvalue weighted by molar-refractivity contribution is 5.81. The van der Waals surface area contributed by atoms with E-state index in [2.05, 4.69) is 9.97 Å². The smallest absolute Gasteiger partial charge is 0.352 e. The molecule has 2 heterocycles. The molecule has 0 spiro atoms. The summed E-state index contributed by atoms with van der Waals surface area (Å²) in [6.07, 6.45) is 1.71. The van der Waals surface area contributed by atoms with Crippen LogP contribution < -0.4 is 20.9 Å². The van der Waals surface area contributed by atoms with Crippen LogP contribution in [0.1, 0.15) is 35.6 Å². The van der Waals surface area contributed by atoms with Gasteiger partial charge in [0, 0.05) is 17.7 Å². The zero-order valence-corrected chi connectivity index (χ0v) is 21.9. The molecule has 0 amide bonds. The molecule has 2 unspecified atom stereocenters. The third-order valence-corrected chi connectivity index (χ3v) is 6.79. The molecule has 3 aromatic carbocycles. The highest BCUT2D eigenvalue weighted by Crippen LogP contribution is 2.38. The van der Waals surface area contributed by atoms with Gasteiger partial charge in [-0.2, -0.15) is 0 Å². The van der Waals surface area contributed by atoms with Crippen LogP contribution in [0.5, 0.6) is 5.88 Å². The van der Waals surface area contributed by atoms with Crippen molar-refractivity contribution in [2.45, 2.75) is 25.4 Å². The number of non-ortho nitro benzene ring substituents is 1. The van der Waals surface area contributed by atoms with Crippen molar-refractivity contribution < 1.29 is 24.1 Å². The quantitative estimate of drug-likeness (QED) is 0.122. The van der Waals surface area contributed by atoms with Gasteiger partial charge in [-0.3, -0.25) is 19.9 Å². The molecule has 0 aliphatic heterocycles. The number of benzene rings is 3. The first-order valence-corrected chi connectivity index (χ1v) is 12.8. The summed E-state index contributed by atoms with van der Waals surface area (Å²) in [4.78, 5) is 53.7. The Bertz CT molecular complexity index is 1840. The average Bonchev–Trinajstić information content (AvgIpc) is 3.30. The van der Waals surface area contributed by atoms with Crippen LogP contribution in [0.4, 0.5) is 5.69 Å². The minimum atomic E-state index is -1.31. The zero-order chi connectivity index (χ0) is 29.1. The number of rotatable bonds is 9. The number of carbonyl (C=O) groups is 1. The Kier molecular flexibility index (Phi) is 7.46. The Morgan fingerprint density at radius 2 is 1.68 bits per heavy atom. The van der Waals surface area contributed by atoms with Gasteiger partial charge in [-0.15, -0.1) is 0 Å². The highest BCUT2D eigenvalue weighted by Gasteiger charge is 2.41. The SMILES string of the molecule is CCOC(=O)C(C(c1ccc([N+](=O)[O-])cc1)c1c([O-])[nH]c(=O)[nH]c1=O)n1c[n+](Cc2ccccc2)c2ccccc21. The van der Waals surface area contributed by atoms with Gasteiger partial charge < -0.3 is 14.8 Å². The predicted molar refractivity (Wildman–Crippen MR) is 145 cm³/mol. The Hall–Kier alpha value is -5.52. The maximum absolute atomic E-state index is 13.8. The number of ether oxygens (including phenoxy) is 1. The van der Waals surface area contributed by atoms with Gasteiger partial charge in [-0.05, 0) is 36.1 Å². The number of aromatic amines is 2. The van der Waals surface area contributed by atoms with Gasteiger partial charge >= 0.3 is 11.7 Å². The van der Waals surface area contributed by atoms with Crippen LogP contribution >= 0.6 is 0 Å². The van der Waals surface area contributed by atoms with Gasteiger partial charge in [0.2, 0.25) is 12.4 Å². The van der Waals surface area contributed by atoms with Gasteiger partial charge in [0.25, 0.3) is 11.2 Å². The highest BCUT2D eigenvalue weighted by atomic mass is 16.6. The van der Waals surface area contributed by atoms with Gasteiger partial charge in [-0.25, -0.2) is 18.7 Å². The largest absolute Gasteiger partial charge is 0.860 e. The predicted octanol–water partition coefficient (Wildman–Crippen LogP) is 2.27. The molecular formula is C29H25N5O7. The number of esters is 1. The second kappa shape index (κ2) is 11.3. The van der Waals surface area contributed by atoms with E-state index in [0.717, 1.165) is 11.1 Å². The van der Waals surface area contributed by atoms with E-state index < -0.39 is 45.5 Å². The van der Waals surface area contributed by atoms with E-state index in [1.54, 1.807) is 30.0 Å². The molecule has 0 bridgehead atoms. The minimum Gasteiger partial charge on any atom is -0.860 e. The fraction of sp³-hybridized carbons (Fsp3) is 0.172. The fourth-order valence-corrected chi connectivity index (χ4v) is 5.03. The summed E-state index contributed by atoms with van der Waals surface area (Å²) in [5.41, 5.74) is 0.0343. The summed E-state index contributed by atoms with van der Waals surface area (Å²) in [5, 5.41) is 24.5. The first-order chi connectivity index (χ1) is 19.8. The molecule has 0 fully saturated rings. The summed E-state index contributed by atoms with van der Waals surface area (Å²) in [7, 11) is 0. The van der Waals surface area contributed by atoms with E-state index in [4.69, 9.17) is 4.74 Å². The normalized spacial score (nSPS) is 12.6. The number of hydrogen-bond donors (Lipinski definition) is 2. The lowest BCUT2D eigenvalue weighted by Gasteiger charge is -2.26. The summed E-state index contributed by atoms with van der Waals surface area (Å²) in [5.74, 6) is -3.01. The maximum Gasteiger partial charge on any atom is 0.352 e. The van der Waals surface area contributed by atoms with E-state index in [1.165, 1.54) is 24.3 Å². The standard InChI is InChI=1S/C29H25N5O7/c1-2-41-28(37)25(33-17-32(16-18-8-4-3-5-9-18)21-10-6-7-11-22(21)33)23(19-12-14-20(15-13-19)34(39)40)24-26(35)30-29(38)31-27(24)36/h3-15,17,23,25H,2,16H2,1H3,(H2-,30,31,35,36,38). The minimum absolute atomic E-state index is 0.0117. The lowest BCUT2D eigenvalue weighted by Crippen LogP contribution is -2.37. The average molecular weight is 556 g/mol. The van der Waals surface area contributed by atoms with Crippen molar-refractivity contribution in [1.29, 1.82) is 0 Å². The molecule has 2 N–H and O–H groups in total. The van der Waals surface area contributed by atoms with Crippen LogP contribution in [0.25, 0.3) is 11.0 Å². The van der Waals surface area contributed by atoms with Crippen molar-refractivity contribution in [3.05, 3.63) is 133 Å². The first kappa shape index (κ1) is 27.1. The van der Waals surface area contributed by atoms with E-state index in [1.807, 2.05) is 47.0 Å². The van der Waals surface area contributed by atoms with Gasteiger partial charge in [0.15, 0.2) is 11.0 Å². The number of imidazole rings is 1. The molecule has 0 saturated carbocycles. The van der Waals surface area contributed by atoms with Crippen LogP contribution in [0, 0.1) is 10.1 Å². The van der Waals surface area contributed by atoms with Crippen molar-refractivity contribution in [1.82, 2.24) is 14.5 Å². The van der Waals surface area contributed by atoms with Crippen molar-refractivity contribution in [3.63, 3.8) is 0 Å². The molecule has 2 aromatic heterocycles. The number of aromatic nitrogens is 4. The maximum atomic E-state index is 13.8. The number of H-pyrrole nitrogens is 2. The molecule has 5 rings (SSSR count). The van der Waals surface area contributed by atoms with Crippen LogP contribution in [-0.2, 0) is 16.1 Å². The number of nitrogens with zero attached hydrogens (tertiary/aromatic N) is 3. The lowest BCUT2D eigenvalue weighted by molar-refractivity contribution is -0.663. The molecular weight excluding hydrogens is 530 g/mol. The molecule has 0 aliphatic rings. The molecule has 5 aromatic rings. The number of nitro benzene ring substituents is 1. The number of fused-ring (bicyclic) bond motifs is 1. The Morgan fingerprint density at radius 3 is 2.34 bits per heavy atom. The van der Waals surface area contributed by atoms with Crippen molar-refractivity contribution >= 4 is 22.7 Å². The molecule has 12 heteroatoms. The van der Waals surface area contributed by atoms with E-state index >= 15 is 0 Å². The first-order valence-electron chi connectivity index (χ1n) is 12.8. The second-order valence-electron chi connectivity index (χ2n) is 9.30. The zero-order valence-electron chi connectivity index (χ0n) is 21.9. The third kappa shape index (κ3) is 5.35. The van der Waals surface area contributed by atoms with E-state index in [9.17, 15) is 29.6 Å². The molecule has 0 saturated heterocycles. The lowest BCUT2D eigenvalue weighted by atomic mass is 9.85. The molecule has 2 atom stereocenters. The molecule has 0 aliphatic carbocycles. The number of nitro groups is 1.